The SMILES string of the molecule is CC1CCC(N2C(=O)CC3(CCCCC3)CC2=O)C(C)N1. The Morgan fingerprint density at radius 3 is 2.19 bits per heavy atom. The van der Waals surface area contributed by atoms with Crippen molar-refractivity contribution in [2.75, 3.05) is 0 Å². The van der Waals surface area contributed by atoms with Crippen molar-refractivity contribution in [1.29, 1.82) is 0 Å². The van der Waals surface area contributed by atoms with Crippen LogP contribution in [0.5, 0.6) is 0 Å². The number of likely N-dealkylation sites (tertiary alicyclic amines) is 1. The molecule has 1 spiro atoms. The topological polar surface area (TPSA) is 49.4 Å². The van der Waals surface area contributed by atoms with E-state index >= 15 is 0 Å². The first-order chi connectivity index (χ1) is 10.0. The summed E-state index contributed by atoms with van der Waals surface area (Å²) in [6.07, 6.45) is 8.92. The average Bonchev–Trinajstić information content (AvgIpc) is 2.41. The zero-order valence-electron chi connectivity index (χ0n) is 13.4. The van der Waals surface area contributed by atoms with E-state index in [1.165, 1.54) is 19.3 Å². The van der Waals surface area contributed by atoms with Crippen molar-refractivity contribution in [3.63, 3.8) is 0 Å². The van der Waals surface area contributed by atoms with Crippen LogP contribution in [0.15, 0.2) is 0 Å². The van der Waals surface area contributed by atoms with Gasteiger partial charge in [-0.2, -0.15) is 0 Å². The van der Waals surface area contributed by atoms with Crippen LogP contribution in [0.3, 0.4) is 0 Å². The van der Waals surface area contributed by atoms with Gasteiger partial charge in [0.2, 0.25) is 11.8 Å². The number of amides is 2. The van der Waals surface area contributed by atoms with Crippen LogP contribution >= 0.6 is 0 Å². The fraction of sp³-hybridized carbons (Fsp3) is 0.882. The lowest BCUT2D eigenvalue weighted by atomic mass is 9.67. The molecular weight excluding hydrogens is 264 g/mol. The first-order valence-electron chi connectivity index (χ1n) is 8.62. The van der Waals surface area contributed by atoms with Crippen molar-refractivity contribution in [3.8, 4) is 0 Å². The molecule has 4 nitrogen and oxygen atoms in total. The summed E-state index contributed by atoms with van der Waals surface area (Å²) in [5.74, 6) is 0.169. The van der Waals surface area contributed by atoms with Crippen LogP contribution in [0, 0.1) is 5.41 Å². The number of nitrogens with zero attached hydrogens (tertiary/aromatic N) is 1. The molecule has 3 atom stereocenters. The summed E-state index contributed by atoms with van der Waals surface area (Å²) in [5, 5.41) is 3.49. The minimum Gasteiger partial charge on any atom is -0.310 e. The van der Waals surface area contributed by atoms with Gasteiger partial charge in [-0.1, -0.05) is 19.3 Å². The summed E-state index contributed by atoms with van der Waals surface area (Å²) in [5.41, 5.74) is 0.00153. The molecule has 0 aromatic carbocycles. The number of hydrogen-bond acceptors (Lipinski definition) is 3. The second-order valence-corrected chi connectivity index (χ2v) is 7.57. The number of rotatable bonds is 1. The lowest BCUT2D eigenvalue weighted by Crippen LogP contribution is -2.61. The highest BCUT2D eigenvalue weighted by Gasteiger charge is 2.47. The predicted molar refractivity (Wildman–Crippen MR) is 81.7 cm³/mol. The minimum absolute atomic E-state index is 0.00153. The van der Waals surface area contributed by atoms with Crippen LogP contribution < -0.4 is 5.32 Å². The lowest BCUT2D eigenvalue weighted by Gasteiger charge is -2.47. The molecule has 1 saturated carbocycles. The third-order valence-corrected chi connectivity index (χ3v) is 5.86. The zero-order valence-corrected chi connectivity index (χ0v) is 13.4. The molecule has 4 heteroatoms. The normalized spacial score (nSPS) is 37.0. The Morgan fingerprint density at radius 2 is 1.62 bits per heavy atom. The zero-order chi connectivity index (χ0) is 15.0. The van der Waals surface area contributed by atoms with Crippen molar-refractivity contribution in [1.82, 2.24) is 10.2 Å². The van der Waals surface area contributed by atoms with Gasteiger partial charge in [0.1, 0.15) is 0 Å². The second-order valence-electron chi connectivity index (χ2n) is 7.57. The molecule has 0 bridgehead atoms. The van der Waals surface area contributed by atoms with Gasteiger partial charge in [-0.25, -0.2) is 0 Å². The Morgan fingerprint density at radius 1 is 1.00 bits per heavy atom. The number of carbonyl (C=O) groups is 2. The minimum atomic E-state index is 0.00153. The highest BCUT2D eigenvalue weighted by Crippen LogP contribution is 2.46. The summed E-state index contributed by atoms with van der Waals surface area (Å²) in [4.78, 5) is 27.0. The first-order valence-corrected chi connectivity index (χ1v) is 8.62. The molecule has 3 rings (SSSR count). The molecule has 2 saturated heterocycles. The lowest BCUT2D eigenvalue weighted by molar-refractivity contribution is -0.159. The van der Waals surface area contributed by atoms with E-state index in [1.807, 2.05) is 0 Å². The van der Waals surface area contributed by atoms with Gasteiger partial charge in [0, 0.05) is 24.9 Å². The van der Waals surface area contributed by atoms with Gasteiger partial charge in [0.15, 0.2) is 0 Å². The Hall–Kier alpha value is -0.900. The summed E-state index contributed by atoms with van der Waals surface area (Å²) in [6.45, 7) is 4.27. The van der Waals surface area contributed by atoms with Crippen LogP contribution in [0.1, 0.15) is 71.6 Å². The third-order valence-electron chi connectivity index (χ3n) is 5.86. The summed E-state index contributed by atoms with van der Waals surface area (Å²) in [7, 11) is 0. The van der Waals surface area contributed by atoms with Crippen molar-refractivity contribution in [3.05, 3.63) is 0 Å². The first kappa shape index (κ1) is 15.0. The predicted octanol–water partition coefficient (Wildman–Crippen LogP) is 2.61. The molecule has 0 aromatic rings. The summed E-state index contributed by atoms with van der Waals surface area (Å²) >= 11 is 0. The van der Waals surface area contributed by atoms with Crippen LogP contribution in [0.25, 0.3) is 0 Å². The van der Waals surface area contributed by atoms with E-state index in [-0.39, 0.29) is 29.3 Å². The number of hydrogen-bond donors (Lipinski definition) is 1. The molecule has 3 unspecified atom stereocenters. The molecule has 0 radical (unpaired) electrons. The summed E-state index contributed by atoms with van der Waals surface area (Å²) < 4.78 is 0. The Labute approximate surface area is 127 Å². The van der Waals surface area contributed by atoms with E-state index in [4.69, 9.17) is 0 Å². The fourth-order valence-corrected chi connectivity index (χ4v) is 4.71. The second kappa shape index (κ2) is 5.71. The highest BCUT2D eigenvalue weighted by molar-refractivity contribution is 5.99. The average molecular weight is 292 g/mol. The van der Waals surface area contributed by atoms with E-state index in [2.05, 4.69) is 19.2 Å². The molecular formula is C17H28N2O2. The van der Waals surface area contributed by atoms with Crippen molar-refractivity contribution in [2.45, 2.75) is 89.8 Å². The fourth-order valence-electron chi connectivity index (χ4n) is 4.71. The molecule has 21 heavy (non-hydrogen) atoms. The molecule has 3 fully saturated rings. The van der Waals surface area contributed by atoms with Gasteiger partial charge in [0.05, 0.1) is 6.04 Å². The molecule has 2 heterocycles. The number of nitrogens with one attached hydrogen (secondary N) is 1. The van der Waals surface area contributed by atoms with Crippen molar-refractivity contribution >= 4 is 11.8 Å². The molecule has 2 amide bonds. The maximum atomic E-state index is 12.7. The van der Waals surface area contributed by atoms with Gasteiger partial charge >= 0.3 is 0 Å². The Balaban J connectivity index is 1.73. The Bertz CT molecular complexity index is 409. The molecule has 3 aliphatic rings. The third kappa shape index (κ3) is 2.87. The molecule has 1 N–H and O–H groups in total. The molecule has 2 aliphatic heterocycles. The van der Waals surface area contributed by atoms with Crippen LogP contribution in [-0.4, -0.2) is 34.8 Å². The maximum absolute atomic E-state index is 12.7. The van der Waals surface area contributed by atoms with E-state index in [0.717, 1.165) is 25.7 Å². The van der Waals surface area contributed by atoms with Gasteiger partial charge < -0.3 is 5.32 Å². The van der Waals surface area contributed by atoms with Gasteiger partial charge in [0.25, 0.3) is 0 Å². The Kier molecular flexibility index (Phi) is 4.08. The van der Waals surface area contributed by atoms with Gasteiger partial charge in [-0.05, 0) is 44.9 Å². The van der Waals surface area contributed by atoms with Gasteiger partial charge in [-0.3, -0.25) is 14.5 Å². The van der Waals surface area contributed by atoms with Crippen LogP contribution in [-0.2, 0) is 9.59 Å². The van der Waals surface area contributed by atoms with E-state index in [9.17, 15) is 9.59 Å². The summed E-state index contributed by atoms with van der Waals surface area (Å²) in [6, 6.07) is 0.750. The number of carbonyl (C=O) groups excluding carboxylic acids is 2. The van der Waals surface area contributed by atoms with Gasteiger partial charge in [-0.15, -0.1) is 0 Å². The molecule has 0 aromatic heterocycles. The van der Waals surface area contributed by atoms with Crippen molar-refractivity contribution in [2.24, 2.45) is 5.41 Å². The number of imide groups is 1. The van der Waals surface area contributed by atoms with Crippen LogP contribution in [0.2, 0.25) is 0 Å². The number of piperidine rings is 2. The molecule has 118 valence electrons. The van der Waals surface area contributed by atoms with E-state index < -0.39 is 0 Å². The van der Waals surface area contributed by atoms with E-state index in [1.54, 1.807) is 4.90 Å². The largest absolute Gasteiger partial charge is 0.310 e. The maximum Gasteiger partial charge on any atom is 0.230 e. The molecule has 1 aliphatic carbocycles. The highest BCUT2D eigenvalue weighted by atomic mass is 16.2. The van der Waals surface area contributed by atoms with E-state index in [0.29, 0.717) is 18.9 Å². The smallest absolute Gasteiger partial charge is 0.230 e. The quantitative estimate of drug-likeness (QED) is 0.756. The standard InChI is InChI=1S/C17H28N2O2/c1-12-6-7-14(13(2)18-12)19-15(20)10-17(11-16(19)21)8-4-3-5-9-17/h12-14,18H,3-11H2,1-2H3. The van der Waals surface area contributed by atoms with Crippen molar-refractivity contribution < 1.29 is 9.59 Å². The van der Waals surface area contributed by atoms with Crippen LogP contribution in [0.4, 0.5) is 0 Å². The monoisotopic (exact) mass is 292 g/mol.